The lowest BCUT2D eigenvalue weighted by Crippen LogP contribution is -2.31. The highest BCUT2D eigenvalue weighted by atomic mass is 32.2. The summed E-state index contributed by atoms with van der Waals surface area (Å²) in [5.74, 6) is -0.650. The van der Waals surface area contributed by atoms with Crippen molar-refractivity contribution in [1.29, 1.82) is 0 Å². The van der Waals surface area contributed by atoms with Crippen LogP contribution in [0.25, 0.3) is 10.2 Å². The quantitative estimate of drug-likeness (QED) is 0.883. The topological polar surface area (TPSA) is 98.1 Å². The Kier molecular flexibility index (Phi) is 4.15. The summed E-state index contributed by atoms with van der Waals surface area (Å²) in [5, 5.41) is 0.559. The molecule has 0 radical (unpaired) electrons. The molecule has 0 aliphatic rings. The molecule has 0 saturated heterocycles. The maximum Gasteiger partial charge on any atom is 0.262 e. The molecule has 21 heavy (non-hydrogen) atoms. The normalized spacial score (nSPS) is 11.8. The van der Waals surface area contributed by atoms with Gasteiger partial charge in [-0.05, 0) is 19.4 Å². The van der Waals surface area contributed by atoms with E-state index in [2.05, 4.69) is 4.98 Å². The van der Waals surface area contributed by atoms with E-state index in [0.29, 0.717) is 10.2 Å². The monoisotopic (exact) mass is 329 g/mol. The summed E-state index contributed by atoms with van der Waals surface area (Å²) in [6.07, 6.45) is 2.18. The summed E-state index contributed by atoms with van der Waals surface area (Å²) in [6.45, 7) is 3.86. The number of nitrogens with one attached hydrogen (secondary N) is 1. The predicted molar refractivity (Wildman–Crippen MR) is 81.0 cm³/mol. The summed E-state index contributed by atoms with van der Waals surface area (Å²) in [6, 6.07) is 0. The Morgan fingerprint density at radius 2 is 2.10 bits per heavy atom. The molecule has 0 atom stereocenters. The Hall–Kier alpha value is -1.74. The minimum absolute atomic E-state index is 0.0808. The number of rotatable bonds is 4. The number of aromatic nitrogens is 2. The smallest absolute Gasteiger partial charge is 0.262 e. The minimum atomic E-state index is -3.58. The van der Waals surface area contributed by atoms with Crippen LogP contribution in [0.15, 0.2) is 11.1 Å². The van der Waals surface area contributed by atoms with E-state index in [4.69, 9.17) is 0 Å². The van der Waals surface area contributed by atoms with Gasteiger partial charge >= 0.3 is 0 Å². The molecule has 2 aromatic heterocycles. The molecule has 0 saturated carbocycles. The fourth-order valence-electron chi connectivity index (χ4n) is 1.91. The molecule has 7 nitrogen and oxygen atoms in total. The van der Waals surface area contributed by atoms with Gasteiger partial charge in [0.15, 0.2) is 0 Å². The highest BCUT2D eigenvalue weighted by Crippen LogP contribution is 2.25. The van der Waals surface area contributed by atoms with Gasteiger partial charge in [0.1, 0.15) is 4.83 Å². The fraction of sp³-hybridized carbons (Fsp3) is 0.417. The van der Waals surface area contributed by atoms with Crippen molar-refractivity contribution in [3.63, 3.8) is 0 Å². The number of carbonyl (C=O) groups is 1. The van der Waals surface area contributed by atoms with Crippen LogP contribution in [-0.4, -0.2) is 30.1 Å². The van der Waals surface area contributed by atoms with E-state index >= 15 is 0 Å². The van der Waals surface area contributed by atoms with Crippen molar-refractivity contribution in [3.05, 3.63) is 27.1 Å². The van der Waals surface area contributed by atoms with Crippen molar-refractivity contribution >= 4 is 37.5 Å². The third-order valence-corrected chi connectivity index (χ3v) is 4.75. The van der Waals surface area contributed by atoms with Gasteiger partial charge in [0.2, 0.25) is 15.9 Å². The second-order valence-electron chi connectivity index (χ2n) is 4.75. The average Bonchev–Trinajstić information content (AvgIpc) is 2.63. The first-order valence-electron chi connectivity index (χ1n) is 6.15. The van der Waals surface area contributed by atoms with E-state index in [-0.39, 0.29) is 18.5 Å². The summed E-state index contributed by atoms with van der Waals surface area (Å²) in [4.78, 5) is 29.7. The van der Waals surface area contributed by atoms with Gasteiger partial charge < -0.3 is 0 Å². The van der Waals surface area contributed by atoms with Gasteiger partial charge in [0.05, 0.1) is 18.0 Å². The number of carbonyl (C=O) groups excluding carboxylic acids is 1. The number of aryl methyl sites for hydroxylation is 3. The summed E-state index contributed by atoms with van der Waals surface area (Å²) < 4.78 is 25.0. The molecule has 2 aromatic rings. The zero-order chi connectivity index (χ0) is 15.8. The van der Waals surface area contributed by atoms with E-state index < -0.39 is 15.9 Å². The van der Waals surface area contributed by atoms with Gasteiger partial charge in [-0.3, -0.25) is 18.9 Å². The van der Waals surface area contributed by atoms with Gasteiger partial charge in [-0.1, -0.05) is 0 Å². The van der Waals surface area contributed by atoms with E-state index in [1.165, 1.54) is 22.2 Å². The molecular weight excluding hydrogens is 314 g/mol. The molecule has 9 heteroatoms. The number of fused-ring (bicyclic) bond motifs is 1. The first-order chi connectivity index (χ1) is 9.69. The molecule has 0 bridgehead atoms. The van der Waals surface area contributed by atoms with Crippen LogP contribution in [-0.2, 0) is 21.4 Å². The number of hydrogen-bond acceptors (Lipinski definition) is 6. The van der Waals surface area contributed by atoms with Crippen LogP contribution in [0.4, 0.5) is 0 Å². The van der Waals surface area contributed by atoms with Crippen LogP contribution in [0.5, 0.6) is 0 Å². The highest BCUT2D eigenvalue weighted by molar-refractivity contribution is 7.89. The Morgan fingerprint density at radius 1 is 1.43 bits per heavy atom. The van der Waals surface area contributed by atoms with Crippen molar-refractivity contribution < 1.29 is 13.2 Å². The molecule has 0 unspecified atom stereocenters. The molecule has 0 aliphatic carbocycles. The van der Waals surface area contributed by atoms with Crippen LogP contribution in [0, 0.1) is 13.8 Å². The first-order valence-corrected chi connectivity index (χ1v) is 8.85. The summed E-state index contributed by atoms with van der Waals surface area (Å²) in [5.41, 5.74) is 0.677. The van der Waals surface area contributed by atoms with Crippen LogP contribution in [0.2, 0.25) is 0 Å². The van der Waals surface area contributed by atoms with Gasteiger partial charge in [-0.2, -0.15) is 0 Å². The minimum Gasteiger partial charge on any atom is -0.298 e. The van der Waals surface area contributed by atoms with Crippen LogP contribution >= 0.6 is 11.3 Å². The number of hydrogen-bond donors (Lipinski definition) is 1. The Labute approximate surface area is 125 Å². The molecule has 1 amide bonds. The summed E-state index contributed by atoms with van der Waals surface area (Å²) >= 11 is 1.45. The largest absolute Gasteiger partial charge is 0.298 e. The molecular formula is C12H15N3O4S2. The Balaban J connectivity index is 2.24. The molecule has 0 aliphatic heterocycles. The van der Waals surface area contributed by atoms with E-state index in [0.717, 1.165) is 16.7 Å². The molecule has 114 valence electrons. The van der Waals surface area contributed by atoms with Crippen molar-refractivity contribution in [1.82, 2.24) is 14.3 Å². The van der Waals surface area contributed by atoms with Crippen molar-refractivity contribution in [2.24, 2.45) is 0 Å². The van der Waals surface area contributed by atoms with Crippen molar-refractivity contribution in [3.8, 4) is 0 Å². The second kappa shape index (κ2) is 5.57. The van der Waals surface area contributed by atoms with Gasteiger partial charge in [0, 0.05) is 17.8 Å². The zero-order valence-corrected chi connectivity index (χ0v) is 13.5. The lowest BCUT2D eigenvalue weighted by Gasteiger charge is -2.05. The molecule has 2 rings (SSSR count). The lowest BCUT2D eigenvalue weighted by atomic mass is 10.2. The molecule has 0 aromatic carbocycles. The standard InChI is InChI=1S/C12H15N3O4S2/c1-7-8(2)20-11-10(7)12(17)15(6-13-11)5-4-9(16)14-21(3,18)19/h6H,4-5H2,1-3H3,(H,14,16). The van der Waals surface area contributed by atoms with Crippen molar-refractivity contribution in [2.75, 3.05) is 6.26 Å². The maximum atomic E-state index is 12.3. The maximum absolute atomic E-state index is 12.3. The second-order valence-corrected chi connectivity index (χ2v) is 7.71. The van der Waals surface area contributed by atoms with Gasteiger partial charge in [0.25, 0.3) is 5.56 Å². The zero-order valence-electron chi connectivity index (χ0n) is 11.8. The number of nitrogens with zero attached hydrogens (tertiary/aromatic N) is 2. The Morgan fingerprint density at radius 3 is 2.71 bits per heavy atom. The van der Waals surface area contributed by atoms with Gasteiger partial charge in [-0.15, -0.1) is 11.3 Å². The van der Waals surface area contributed by atoms with Crippen LogP contribution in [0.1, 0.15) is 16.9 Å². The number of sulfonamides is 1. The Bertz CT molecular complexity index is 864. The van der Waals surface area contributed by atoms with Crippen molar-refractivity contribution in [2.45, 2.75) is 26.8 Å². The fourth-order valence-corrected chi connectivity index (χ4v) is 3.41. The summed E-state index contributed by atoms with van der Waals surface area (Å²) in [7, 11) is -3.58. The average molecular weight is 329 g/mol. The lowest BCUT2D eigenvalue weighted by molar-refractivity contribution is -0.119. The molecule has 1 N–H and O–H groups in total. The van der Waals surface area contributed by atoms with Gasteiger partial charge in [-0.25, -0.2) is 13.4 Å². The highest BCUT2D eigenvalue weighted by Gasteiger charge is 2.13. The van der Waals surface area contributed by atoms with Crippen LogP contribution in [0.3, 0.4) is 0 Å². The molecule has 0 spiro atoms. The number of amides is 1. The third-order valence-electron chi connectivity index (χ3n) is 3.03. The predicted octanol–water partition coefficient (Wildman–Crippen LogP) is 0.541. The van der Waals surface area contributed by atoms with E-state index in [1.807, 2.05) is 18.6 Å². The molecule has 0 fully saturated rings. The van der Waals surface area contributed by atoms with E-state index in [9.17, 15) is 18.0 Å². The first kappa shape index (κ1) is 15.6. The number of thiophene rings is 1. The third kappa shape index (κ3) is 3.48. The molecule has 2 heterocycles. The van der Waals surface area contributed by atoms with Crippen LogP contribution < -0.4 is 10.3 Å². The SMILES string of the molecule is Cc1sc2ncn(CCC(=O)NS(C)(=O)=O)c(=O)c2c1C. The van der Waals surface area contributed by atoms with E-state index in [1.54, 1.807) is 0 Å².